The third-order valence-corrected chi connectivity index (χ3v) is 4.07. The lowest BCUT2D eigenvalue weighted by Gasteiger charge is -2.18. The summed E-state index contributed by atoms with van der Waals surface area (Å²) in [6.45, 7) is 12.4. The molecule has 0 amide bonds. The van der Waals surface area contributed by atoms with Crippen molar-refractivity contribution in [1.29, 1.82) is 0 Å². The second-order valence-corrected chi connectivity index (χ2v) is 5.39. The van der Waals surface area contributed by atoms with Gasteiger partial charge in [0, 0.05) is 24.1 Å². The molecule has 0 aliphatic carbocycles. The van der Waals surface area contributed by atoms with Gasteiger partial charge in [0.2, 0.25) is 0 Å². The summed E-state index contributed by atoms with van der Waals surface area (Å²) in [5.74, 6) is 0.936. The summed E-state index contributed by atoms with van der Waals surface area (Å²) < 4.78 is 6.83. The van der Waals surface area contributed by atoms with Crippen LogP contribution in [0.1, 0.15) is 19.4 Å². The number of halogens is 1. The Bertz CT molecular complexity index is 367. The first-order valence-corrected chi connectivity index (χ1v) is 7.78. The van der Waals surface area contributed by atoms with E-state index in [0.29, 0.717) is 6.61 Å². The van der Waals surface area contributed by atoms with E-state index in [1.807, 2.05) is 12.1 Å². The summed E-state index contributed by atoms with van der Waals surface area (Å²) in [4.78, 5) is 2.41. The van der Waals surface area contributed by atoms with Crippen LogP contribution in [-0.2, 0) is 0 Å². The Labute approximate surface area is 125 Å². The molecule has 0 aliphatic heterocycles. The van der Waals surface area contributed by atoms with E-state index in [1.54, 1.807) is 0 Å². The van der Waals surface area contributed by atoms with Gasteiger partial charge in [0.05, 0.1) is 0 Å². The van der Waals surface area contributed by atoms with Crippen molar-refractivity contribution >= 4 is 15.9 Å². The number of hydrogen-bond donors (Lipinski definition) is 1. The maximum absolute atomic E-state index is 5.70. The van der Waals surface area contributed by atoms with Crippen LogP contribution in [0.2, 0.25) is 0 Å². The lowest BCUT2D eigenvalue weighted by atomic mass is 10.2. The van der Waals surface area contributed by atoms with E-state index in [1.165, 1.54) is 5.56 Å². The summed E-state index contributed by atoms with van der Waals surface area (Å²) in [5.41, 5.74) is 1.20. The summed E-state index contributed by atoms with van der Waals surface area (Å²) in [5, 5.41) is 3.40. The van der Waals surface area contributed by atoms with Crippen LogP contribution in [0.15, 0.2) is 22.7 Å². The van der Waals surface area contributed by atoms with Crippen molar-refractivity contribution < 1.29 is 4.74 Å². The monoisotopic (exact) mass is 328 g/mol. The van der Waals surface area contributed by atoms with Crippen molar-refractivity contribution in [3.05, 3.63) is 28.2 Å². The Hall–Kier alpha value is -0.580. The van der Waals surface area contributed by atoms with Gasteiger partial charge in [-0.15, -0.1) is 0 Å². The van der Waals surface area contributed by atoms with Gasteiger partial charge in [-0.1, -0.05) is 29.8 Å². The number of likely N-dealkylation sites (N-methyl/N-ethyl adjacent to an activating group) is 1. The fourth-order valence-electron chi connectivity index (χ4n) is 1.85. The first-order valence-electron chi connectivity index (χ1n) is 6.99. The van der Waals surface area contributed by atoms with Gasteiger partial charge in [0.1, 0.15) is 12.4 Å². The molecular weight excluding hydrogens is 304 g/mol. The molecule has 0 radical (unpaired) electrons. The Balaban J connectivity index is 2.12. The maximum Gasteiger partial charge on any atom is 0.119 e. The predicted octanol–water partition coefficient (Wildman–Crippen LogP) is 3.07. The molecule has 0 aliphatic rings. The minimum absolute atomic E-state index is 0.708. The average molecular weight is 329 g/mol. The summed E-state index contributed by atoms with van der Waals surface area (Å²) >= 11 is 3.49. The molecule has 0 heterocycles. The van der Waals surface area contributed by atoms with Gasteiger partial charge in [-0.25, -0.2) is 0 Å². The molecule has 0 fully saturated rings. The number of hydrogen-bond acceptors (Lipinski definition) is 3. The van der Waals surface area contributed by atoms with E-state index in [2.05, 4.69) is 53.0 Å². The Kier molecular flexibility index (Phi) is 8.10. The smallest absolute Gasteiger partial charge is 0.119 e. The summed E-state index contributed by atoms with van der Waals surface area (Å²) in [7, 11) is 0. The quantitative estimate of drug-likeness (QED) is 0.705. The third kappa shape index (κ3) is 6.41. The molecule has 108 valence electrons. The van der Waals surface area contributed by atoms with Crippen LogP contribution in [0.25, 0.3) is 0 Å². The van der Waals surface area contributed by atoms with Crippen LogP contribution >= 0.6 is 15.9 Å². The zero-order valence-electron chi connectivity index (χ0n) is 12.2. The zero-order valence-corrected chi connectivity index (χ0v) is 13.8. The largest absolute Gasteiger partial charge is 0.492 e. The molecular formula is C15H25BrN2O. The van der Waals surface area contributed by atoms with E-state index in [0.717, 1.165) is 42.9 Å². The molecule has 0 spiro atoms. The third-order valence-electron chi connectivity index (χ3n) is 3.18. The van der Waals surface area contributed by atoms with E-state index in [4.69, 9.17) is 4.74 Å². The van der Waals surface area contributed by atoms with Crippen molar-refractivity contribution in [2.75, 3.05) is 39.3 Å². The number of nitrogens with one attached hydrogen (secondary N) is 1. The van der Waals surface area contributed by atoms with Crippen LogP contribution in [0.4, 0.5) is 0 Å². The highest BCUT2D eigenvalue weighted by Crippen LogP contribution is 2.21. The topological polar surface area (TPSA) is 24.5 Å². The number of ether oxygens (including phenoxy) is 1. The Morgan fingerprint density at radius 2 is 1.95 bits per heavy atom. The first-order chi connectivity index (χ1) is 9.17. The standard InChI is InChI=1S/C15H25BrN2O/c1-4-18(5-2)10-8-17-9-11-19-14-6-7-15(16)13(3)12-14/h6-7,12,17H,4-5,8-11H2,1-3H3. The van der Waals surface area contributed by atoms with Crippen LogP contribution in [0, 0.1) is 6.92 Å². The average Bonchev–Trinajstić information content (AvgIpc) is 2.42. The molecule has 1 N–H and O–H groups in total. The molecule has 0 unspecified atom stereocenters. The molecule has 0 bridgehead atoms. The molecule has 0 atom stereocenters. The van der Waals surface area contributed by atoms with Gasteiger partial charge in [-0.05, 0) is 43.8 Å². The second kappa shape index (κ2) is 9.34. The van der Waals surface area contributed by atoms with Crippen molar-refractivity contribution in [3.8, 4) is 5.75 Å². The van der Waals surface area contributed by atoms with Crippen molar-refractivity contribution in [3.63, 3.8) is 0 Å². The highest BCUT2D eigenvalue weighted by atomic mass is 79.9. The van der Waals surface area contributed by atoms with Crippen molar-refractivity contribution in [2.45, 2.75) is 20.8 Å². The molecule has 0 saturated heterocycles. The molecule has 4 heteroatoms. The maximum atomic E-state index is 5.70. The van der Waals surface area contributed by atoms with Gasteiger partial charge in [0.15, 0.2) is 0 Å². The fraction of sp³-hybridized carbons (Fsp3) is 0.600. The fourth-order valence-corrected chi connectivity index (χ4v) is 2.10. The highest BCUT2D eigenvalue weighted by Gasteiger charge is 1.99. The van der Waals surface area contributed by atoms with Gasteiger partial charge in [-0.3, -0.25) is 0 Å². The molecule has 1 rings (SSSR count). The van der Waals surface area contributed by atoms with Gasteiger partial charge in [-0.2, -0.15) is 0 Å². The molecule has 0 saturated carbocycles. The summed E-state index contributed by atoms with van der Waals surface area (Å²) in [6, 6.07) is 6.07. The van der Waals surface area contributed by atoms with Crippen LogP contribution < -0.4 is 10.1 Å². The lowest BCUT2D eigenvalue weighted by molar-refractivity contribution is 0.285. The van der Waals surface area contributed by atoms with Crippen molar-refractivity contribution in [2.24, 2.45) is 0 Å². The zero-order chi connectivity index (χ0) is 14.1. The van der Waals surface area contributed by atoms with E-state index in [9.17, 15) is 0 Å². The molecule has 19 heavy (non-hydrogen) atoms. The number of nitrogens with zero attached hydrogens (tertiary/aromatic N) is 1. The predicted molar refractivity (Wildman–Crippen MR) is 85.0 cm³/mol. The van der Waals surface area contributed by atoms with Crippen LogP contribution in [0.3, 0.4) is 0 Å². The Morgan fingerprint density at radius 3 is 2.58 bits per heavy atom. The van der Waals surface area contributed by atoms with Gasteiger partial charge >= 0.3 is 0 Å². The lowest BCUT2D eigenvalue weighted by Crippen LogP contribution is -2.33. The molecule has 1 aromatic carbocycles. The van der Waals surface area contributed by atoms with Gasteiger partial charge in [0.25, 0.3) is 0 Å². The summed E-state index contributed by atoms with van der Waals surface area (Å²) in [6.07, 6.45) is 0. The van der Waals surface area contributed by atoms with E-state index < -0.39 is 0 Å². The number of rotatable bonds is 9. The number of aryl methyl sites for hydroxylation is 1. The minimum Gasteiger partial charge on any atom is -0.492 e. The van der Waals surface area contributed by atoms with Gasteiger partial charge < -0.3 is 15.0 Å². The molecule has 3 nitrogen and oxygen atoms in total. The second-order valence-electron chi connectivity index (χ2n) is 4.54. The highest BCUT2D eigenvalue weighted by molar-refractivity contribution is 9.10. The van der Waals surface area contributed by atoms with E-state index in [-0.39, 0.29) is 0 Å². The van der Waals surface area contributed by atoms with Crippen molar-refractivity contribution in [1.82, 2.24) is 10.2 Å². The number of benzene rings is 1. The van der Waals surface area contributed by atoms with Crippen LogP contribution in [-0.4, -0.2) is 44.2 Å². The van der Waals surface area contributed by atoms with E-state index >= 15 is 0 Å². The Morgan fingerprint density at radius 1 is 1.21 bits per heavy atom. The molecule has 1 aromatic rings. The minimum atomic E-state index is 0.708. The molecule has 0 aromatic heterocycles. The first kappa shape index (κ1) is 16.5. The SMILES string of the molecule is CCN(CC)CCNCCOc1ccc(Br)c(C)c1. The normalized spacial score (nSPS) is 11.0. The van der Waals surface area contributed by atoms with Crippen LogP contribution in [0.5, 0.6) is 5.75 Å².